The number of halogens is 1. The Bertz CT molecular complexity index is 647. The molecule has 1 heterocycles. The van der Waals surface area contributed by atoms with Crippen LogP contribution < -0.4 is 10.6 Å². The van der Waals surface area contributed by atoms with Gasteiger partial charge in [-0.15, -0.1) is 0 Å². The molecule has 4 amide bonds. The van der Waals surface area contributed by atoms with Gasteiger partial charge >= 0.3 is 6.03 Å². The van der Waals surface area contributed by atoms with Gasteiger partial charge in [0.1, 0.15) is 12.1 Å². The van der Waals surface area contributed by atoms with Crippen LogP contribution in [0.1, 0.15) is 39.2 Å². The quantitative estimate of drug-likeness (QED) is 0.772. The van der Waals surface area contributed by atoms with Gasteiger partial charge in [0.05, 0.1) is 0 Å². The van der Waals surface area contributed by atoms with Gasteiger partial charge in [-0.2, -0.15) is 0 Å². The molecule has 1 saturated heterocycles. The van der Waals surface area contributed by atoms with Crippen LogP contribution in [0, 0.1) is 0 Å². The number of rotatable bonds is 6. The number of hydrogen-bond donors (Lipinski definition) is 2. The van der Waals surface area contributed by atoms with E-state index in [1.807, 2.05) is 13.8 Å². The van der Waals surface area contributed by atoms with E-state index in [9.17, 15) is 14.4 Å². The molecule has 0 radical (unpaired) electrons. The van der Waals surface area contributed by atoms with Crippen LogP contribution in [-0.4, -0.2) is 35.3 Å². The summed E-state index contributed by atoms with van der Waals surface area (Å²) < 4.78 is 0. The third-order valence-corrected chi connectivity index (χ3v) is 4.38. The average molecular weight is 352 g/mol. The molecule has 1 aromatic rings. The zero-order chi connectivity index (χ0) is 17.9. The molecule has 0 aromatic heterocycles. The van der Waals surface area contributed by atoms with Crippen molar-refractivity contribution in [1.29, 1.82) is 0 Å². The van der Waals surface area contributed by atoms with E-state index in [0.717, 1.165) is 17.7 Å². The standard InChI is InChI=1S/C17H22ClN3O3/c1-4-5-11(2)19-14(22)10-21-15(23)17(3,20-16(21)24)12-6-8-13(18)9-7-12/h6-9,11H,4-5,10H2,1-3H3,(H,19,22)(H,20,24)/t11-,17-/m0/s1. The number of benzene rings is 1. The number of nitrogens with zero attached hydrogens (tertiary/aromatic N) is 1. The predicted octanol–water partition coefficient (Wildman–Crippen LogP) is 2.41. The highest BCUT2D eigenvalue weighted by Gasteiger charge is 2.49. The molecule has 0 bridgehead atoms. The van der Waals surface area contributed by atoms with Crippen molar-refractivity contribution in [2.75, 3.05) is 6.54 Å². The lowest BCUT2D eigenvalue weighted by atomic mass is 9.92. The summed E-state index contributed by atoms with van der Waals surface area (Å²) in [6.45, 7) is 5.25. The predicted molar refractivity (Wildman–Crippen MR) is 91.6 cm³/mol. The summed E-state index contributed by atoms with van der Waals surface area (Å²) >= 11 is 5.86. The fourth-order valence-electron chi connectivity index (χ4n) is 2.79. The van der Waals surface area contributed by atoms with Crippen molar-refractivity contribution < 1.29 is 14.4 Å². The van der Waals surface area contributed by atoms with Crippen molar-refractivity contribution in [2.24, 2.45) is 0 Å². The Morgan fingerprint density at radius 2 is 1.96 bits per heavy atom. The Hall–Kier alpha value is -2.08. The first-order valence-electron chi connectivity index (χ1n) is 7.97. The lowest BCUT2D eigenvalue weighted by Gasteiger charge is -2.22. The summed E-state index contributed by atoms with van der Waals surface area (Å²) in [5, 5.41) is 6.00. The van der Waals surface area contributed by atoms with E-state index in [2.05, 4.69) is 10.6 Å². The smallest absolute Gasteiger partial charge is 0.325 e. The highest BCUT2D eigenvalue weighted by Crippen LogP contribution is 2.29. The number of carbonyl (C=O) groups is 3. The number of urea groups is 1. The van der Waals surface area contributed by atoms with Crippen molar-refractivity contribution in [1.82, 2.24) is 15.5 Å². The van der Waals surface area contributed by atoms with Crippen LogP contribution in [0.2, 0.25) is 5.02 Å². The molecule has 7 heteroatoms. The van der Waals surface area contributed by atoms with Gasteiger partial charge in [0.15, 0.2) is 0 Å². The van der Waals surface area contributed by atoms with E-state index in [0.29, 0.717) is 10.6 Å². The molecule has 1 aliphatic rings. The SMILES string of the molecule is CCC[C@H](C)NC(=O)CN1C(=O)N[C@@](C)(c2ccc(Cl)cc2)C1=O. The van der Waals surface area contributed by atoms with Gasteiger partial charge in [-0.3, -0.25) is 14.5 Å². The van der Waals surface area contributed by atoms with Gasteiger partial charge in [-0.05, 0) is 38.0 Å². The summed E-state index contributed by atoms with van der Waals surface area (Å²) in [4.78, 5) is 37.9. The van der Waals surface area contributed by atoms with Gasteiger partial charge in [0.2, 0.25) is 5.91 Å². The molecule has 1 fully saturated rings. The number of imide groups is 1. The summed E-state index contributed by atoms with van der Waals surface area (Å²) in [6, 6.07) is 6.12. The zero-order valence-corrected chi connectivity index (χ0v) is 14.8. The van der Waals surface area contributed by atoms with Gasteiger partial charge < -0.3 is 10.6 Å². The largest absolute Gasteiger partial charge is 0.352 e. The Morgan fingerprint density at radius 1 is 1.33 bits per heavy atom. The molecule has 2 atom stereocenters. The maximum Gasteiger partial charge on any atom is 0.325 e. The molecule has 24 heavy (non-hydrogen) atoms. The lowest BCUT2D eigenvalue weighted by Crippen LogP contribution is -2.44. The second kappa shape index (κ2) is 7.21. The van der Waals surface area contributed by atoms with E-state index >= 15 is 0 Å². The molecular formula is C17H22ClN3O3. The molecule has 6 nitrogen and oxygen atoms in total. The van der Waals surface area contributed by atoms with E-state index in [1.165, 1.54) is 0 Å². The van der Waals surface area contributed by atoms with Gasteiger partial charge in [0.25, 0.3) is 5.91 Å². The topological polar surface area (TPSA) is 78.5 Å². The maximum atomic E-state index is 12.7. The summed E-state index contributed by atoms with van der Waals surface area (Å²) in [6.07, 6.45) is 1.79. The summed E-state index contributed by atoms with van der Waals surface area (Å²) in [5.74, 6) is -0.798. The molecular weight excluding hydrogens is 330 g/mol. The lowest BCUT2D eigenvalue weighted by molar-refractivity contribution is -0.135. The molecule has 0 saturated carbocycles. The average Bonchev–Trinajstić information content (AvgIpc) is 2.72. The van der Waals surface area contributed by atoms with Gasteiger partial charge in [0, 0.05) is 11.1 Å². The normalized spacial score (nSPS) is 21.6. The maximum absolute atomic E-state index is 12.7. The minimum Gasteiger partial charge on any atom is -0.352 e. The Balaban J connectivity index is 2.11. The van der Waals surface area contributed by atoms with Crippen LogP contribution >= 0.6 is 11.6 Å². The Kier molecular flexibility index (Phi) is 5.49. The molecule has 0 unspecified atom stereocenters. The Morgan fingerprint density at radius 3 is 2.54 bits per heavy atom. The van der Waals surface area contributed by atoms with Gasteiger partial charge in [-0.25, -0.2) is 4.79 Å². The van der Waals surface area contributed by atoms with Crippen LogP contribution in [0.3, 0.4) is 0 Å². The first-order valence-corrected chi connectivity index (χ1v) is 8.35. The van der Waals surface area contributed by atoms with Crippen LogP contribution in [0.15, 0.2) is 24.3 Å². The van der Waals surface area contributed by atoms with Crippen LogP contribution in [-0.2, 0) is 15.1 Å². The number of carbonyl (C=O) groups excluding carboxylic acids is 3. The first-order chi connectivity index (χ1) is 11.3. The zero-order valence-electron chi connectivity index (χ0n) is 14.1. The fourth-order valence-corrected chi connectivity index (χ4v) is 2.91. The molecule has 0 spiro atoms. The third kappa shape index (κ3) is 3.70. The van der Waals surface area contributed by atoms with Crippen molar-refractivity contribution in [3.05, 3.63) is 34.9 Å². The molecule has 1 aromatic carbocycles. The number of nitrogens with one attached hydrogen (secondary N) is 2. The molecule has 2 rings (SSSR count). The van der Waals surface area contributed by atoms with Gasteiger partial charge in [-0.1, -0.05) is 37.1 Å². The van der Waals surface area contributed by atoms with Crippen LogP contribution in [0.25, 0.3) is 0 Å². The second-order valence-electron chi connectivity index (χ2n) is 6.21. The summed E-state index contributed by atoms with van der Waals surface area (Å²) in [5.41, 5.74) is -0.579. The van der Waals surface area contributed by atoms with Crippen molar-refractivity contribution in [3.8, 4) is 0 Å². The second-order valence-corrected chi connectivity index (χ2v) is 6.65. The van der Waals surface area contributed by atoms with E-state index in [-0.39, 0.29) is 18.5 Å². The molecule has 0 aliphatic carbocycles. The van der Waals surface area contributed by atoms with Crippen molar-refractivity contribution in [2.45, 2.75) is 45.2 Å². The van der Waals surface area contributed by atoms with E-state index < -0.39 is 17.5 Å². The molecule has 130 valence electrons. The molecule has 1 aliphatic heterocycles. The van der Waals surface area contributed by atoms with Crippen molar-refractivity contribution in [3.63, 3.8) is 0 Å². The van der Waals surface area contributed by atoms with E-state index in [1.54, 1.807) is 31.2 Å². The van der Waals surface area contributed by atoms with Crippen LogP contribution in [0.5, 0.6) is 0 Å². The highest BCUT2D eigenvalue weighted by atomic mass is 35.5. The summed E-state index contributed by atoms with van der Waals surface area (Å²) in [7, 11) is 0. The minimum absolute atomic E-state index is 0.00548. The first kappa shape index (κ1) is 18.3. The molecule has 2 N–H and O–H groups in total. The van der Waals surface area contributed by atoms with Crippen LogP contribution in [0.4, 0.5) is 4.79 Å². The fraction of sp³-hybridized carbons (Fsp3) is 0.471. The number of hydrogen-bond acceptors (Lipinski definition) is 3. The third-order valence-electron chi connectivity index (χ3n) is 4.13. The highest BCUT2D eigenvalue weighted by molar-refractivity contribution is 6.30. The Labute approximate surface area is 146 Å². The van der Waals surface area contributed by atoms with Crippen molar-refractivity contribution >= 4 is 29.4 Å². The number of amides is 4. The monoisotopic (exact) mass is 351 g/mol. The van der Waals surface area contributed by atoms with E-state index in [4.69, 9.17) is 11.6 Å². The minimum atomic E-state index is -1.20.